The zero-order valence-electron chi connectivity index (χ0n) is 17.1. The highest BCUT2D eigenvalue weighted by Crippen LogP contribution is 2.46. The van der Waals surface area contributed by atoms with Gasteiger partial charge in [-0.3, -0.25) is 9.79 Å². The number of ketones is 1. The van der Waals surface area contributed by atoms with E-state index >= 15 is 0 Å². The lowest BCUT2D eigenvalue weighted by atomic mass is 9.68. The number of fused-ring (bicyclic) bond motifs is 1. The first-order valence-corrected chi connectivity index (χ1v) is 10.8. The number of aliphatic imine (C=N–C) groups is 1. The first kappa shape index (κ1) is 19.8. The number of nitrogens with zero attached hydrogens (tertiary/aromatic N) is 1. The standard InChI is InChI=1S/C23H25NO4S/c1-12(2)27-23(26)20-14(4)24-16-10-15(19-6-5-9-29-19)11-17(25)21(16)22(20)18-8-7-13(3)28-18/h5-9,12,15,21-22H,10-11H2,1-4H3/t15-,21?,22+/m1/s1. The summed E-state index contributed by atoms with van der Waals surface area (Å²) in [4.78, 5) is 32.2. The van der Waals surface area contributed by atoms with E-state index in [0.29, 0.717) is 23.5 Å². The van der Waals surface area contributed by atoms with Gasteiger partial charge in [-0.2, -0.15) is 0 Å². The van der Waals surface area contributed by atoms with Crippen molar-refractivity contribution in [3.05, 3.63) is 57.3 Å². The minimum atomic E-state index is -0.487. The predicted molar refractivity (Wildman–Crippen MR) is 112 cm³/mol. The Morgan fingerprint density at radius 3 is 2.62 bits per heavy atom. The highest BCUT2D eigenvalue weighted by atomic mass is 32.1. The van der Waals surface area contributed by atoms with Crippen molar-refractivity contribution in [2.24, 2.45) is 10.9 Å². The van der Waals surface area contributed by atoms with Crippen molar-refractivity contribution in [1.29, 1.82) is 0 Å². The van der Waals surface area contributed by atoms with Gasteiger partial charge in [-0.1, -0.05) is 6.07 Å². The molecule has 0 radical (unpaired) electrons. The van der Waals surface area contributed by atoms with Gasteiger partial charge in [-0.25, -0.2) is 4.79 Å². The summed E-state index contributed by atoms with van der Waals surface area (Å²) in [7, 11) is 0. The van der Waals surface area contributed by atoms with Crippen molar-refractivity contribution in [2.75, 3.05) is 0 Å². The summed E-state index contributed by atoms with van der Waals surface area (Å²) < 4.78 is 11.4. The summed E-state index contributed by atoms with van der Waals surface area (Å²) in [5.41, 5.74) is 1.89. The lowest BCUT2D eigenvalue weighted by Crippen LogP contribution is -2.41. The Labute approximate surface area is 174 Å². The molecule has 29 heavy (non-hydrogen) atoms. The van der Waals surface area contributed by atoms with Crippen LogP contribution in [0.3, 0.4) is 0 Å². The quantitative estimate of drug-likeness (QED) is 0.651. The smallest absolute Gasteiger partial charge is 0.336 e. The molecule has 152 valence electrons. The molecule has 0 N–H and O–H groups in total. The second-order valence-electron chi connectivity index (χ2n) is 8.05. The Kier molecular flexibility index (Phi) is 5.30. The maximum absolute atomic E-state index is 13.3. The fraction of sp³-hybridized carbons (Fsp3) is 0.435. The van der Waals surface area contributed by atoms with Gasteiger partial charge in [-0.05, 0) is 57.7 Å². The Hall–Kier alpha value is -2.47. The van der Waals surface area contributed by atoms with Crippen molar-refractivity contribution < 1.29 is 18.7 Å². The van der Waals surface area contributed by atoms with E-state index in [9.17, 15) is 9.59 Å². The van der Waals surface area contributed by atoms with Crippen LogP contribution in [0.15, 0.2) is 50.3 Å². The summed E-state index contributed by atoms with van der Waals surface area (Å²) in [5, 5.41) is 2.04. The fourth-order valence-electron chi connectivity index (χ4n) is 4.37. The number of carbonyl (C=O) groups excluding carboxylic acids is 2. The van der Waals surface area contributed by atoms with E-state index in [1.807, 2.05) is 51.3 Å². The van der Waals surface area contributed by atoms with E-state index in [0.717, 1.165) is 17.9 Å². The van der Waals surface area contributed by atoms with Gasteiger partial charge in [0.2, 0.25) is 0 Å². The third-order valence-electron chi connectivity index (χ3n) is 5.53. The van der Waals surface area contributed by atoms with Crippen molar-refractivity contribution in [2.45, 2.75) is 58.5 Å². The number of furan rings is 1. The van der Waals surface area contributed by atoms with Crippen LogP contribution in [0.2, 0.25) is 0 Å². The van der Waals surface area contributed by atoms with Gasteiger partial charge < -0.3 is 9.15 Å². The van der Waals surface area contributed by atoms with Crippen LogP contribution in [0.25, 0.3) is 0 Å². The molecule has 1 saturated carbocycles. The molecule has 0 bridgehead atoms. The molecule has 0 aromatic carbocycles. The van der Waals surface area contributed by atoms with Crippen LogP contribution in [-0.2, 0) is 14.3 Å². The monoisotopic (exact) mass is 411 g/mol. The predicted octanol–water partition coefficient (Wildman–Crippen LogP) is 5.18. The molecule has 3 atom stereocenters. The van der Waals surface area contributed by atoms with Crippen LogP contribution in [0.1, 0.15) is 61.8 Å². The molecule has 6 heteroatoms. The fourth-order valence-corrected chi connectivity index (χ4v) is 5.20. The normalized spacial score (nSPS) is 24.5. The highest BCUT2D eigenvalue weighted by molar-refractivity contribution is 7.10. The van der Waals surface area contributed by atoms with Gasteiger partial charge in [0.05, 0.1) is 23.5 Å². The molecule has 2 aromatic heterocycles. The summed E-state index contributed by atoms with van der Waals surface area (Å²) in [6.07, 6.45) is 0.917. The highest BCUT2D eigenvalue weighted by Gasteiger charge is 2.47. The van der Waals surface area contributed by atoms with E-state index in [4.69, 9.17) is 14.1 Å². The van der Waals surface area contributed by atoms with E-state index in [-0.39, 0.29) is 17.8 Å². The zero-order chi connectivity index (χ0) is 20.7. The Morgan fingerprint density at radius 1 is 1.21 bits per heavy atom. The minimum absolute atomic E-state index is 0.106. The lowest BCUT2D eigenvalue weighted by Gasteiger charge is -2.37. The zero-order valence-corrected chi connectivity index (χ0v) is 17.9. The lowest BCUT2D eigenvalue weighted by molar-refractivity contribution is -0.143. The maximum Gasteiger partial charge on any atom is 0.336 e. The largest absolute Gasteiger partial charge is 0.466 e. The number of hydrogen-bond acceptors (Lipinski definition) is 6. The van der Waals surface area contributed by atoms with Gasteiger partial charge in [0.25, 0.3) is 0 Å². The van der Waals surface area contributed by atoms with Crippen molar-refractivity contribution >= 4 is 28.8 Å². The number of rotatable bonds is 4. The second kappa shape index (κ2) is 7.75. The van der Waals surface area contributed by atoms with E-state index < -0.39 is 17.8 Å². The number of carbonyl (C=O) groups is 2. The molecule has 1 fully saturated rings. The van der Waals surface area contributed by atoms with Gasteiger partial charge >= 0.3 is 5.97 Å². The summed E-state index contributed by atoms with van der Waals surface area (Å²) >= 11 is 1.67. The average Bonchev–Trinajstić information content (AvgIpc) is 3.31. The molecule has 3 heterocycles. The second-order valence-corrected chi connectivity index (χ2v) is 9.03. The minimum Gasteiger partial charge on any atom is -0.466 e. The first-order valence-electron chi connectivity index (χ1n) is 9.96. The molecule has 1 aliphatic carbocycles. The van der Waals surface area contributed by atoms with Crippen LogP contribution >= 0.6 is 11.3 Å². The number of ether oxygens (including phenoxy) is 1. The van der Waals surface area contributed by atoms with Crippen LogP contribution in [0, 0.1) is 12.8 Å². The Bertz CT molecular complexity index is 996. The molecule has 0 spiro atoms. The molecule has 0 saturated heterocycles. The molecular weight excluding hydrogens is 386 g/mol. The molecular formula is C23H25NO4S. The van der Waals surface area contributed by atoms with Gasteiger partial charge in [0, 0.05) is 28.6 Å². The molecule has 5 nitrogen and oxygen atoms in total. The average molecular weight is 412 g/mol. The third-order valence-corrected chi connectivity index (χ3v) is 6.57. The number of thiophene rings is 1. The summed E-state index contributed by atoms with van der Waals surface area (Å²) in [6.45, 7) is 7.31. The number of esters is 1. The summed E-state index contributed by atoms with van der Waals surface area (Å²) in [6, 6.07) is 7.81. The van der Waals surface area contributed by atoms with Crippen LogP contribution in [0.5, 0.6) is 0 Å². The summed E-state index contributed by atoms with van der Waals surface area (Å²) in [5.74, 6) is 0.237. The van der Waals surface area contributed by atoms with Crippen LogP contribution in [-0.4, -0.2) is 23.6 Å². The van der Waals surface area contributed by atoms with Crippen molar-refractivity contribution in [3.63, 3.8) is 0 Å². The Morgan fingerprint density at radius 2 is 2.00 bits per heavy atom. The number of Topliss-reactive ketones (excluding diaryl/α,β-unsaturated/α-hetero) is 1. The van der Waals surface area contributed by atoms with Crippen LogP contribution in [0.4, 0.5) is 0 Å². The Balaban J connectivity index is 1.79. The topological polar surface area (TPSA) is 68.9 Å². The number of allylic oxidation sites excluding steroid dienone is 1. The molecule has 2 aromatic rings. The molecule has 0 amide bonds. The van der Waals surface area contributed by atoms with Crippen molar-refractivity contribution in [3.8, 4) is 0 Å². The maximum atomic E-state index is 13.3. The van der Waals surface area contributed by atoms with Crippen LogP contribution < -0.4 is 0 Å². The number of hydrogen-bond donors (Lipinski definition) is 0. The SMILES string of the molecule is CC1=C(C(=O)OC(C)C)[C@H](c2ccc(C)o2)C2C(=O)C[C@H](c3cccs3)CC2=N1. The van der Waals surface area contributed by atoms with Gasteiger partial charge in [-0.15, -0.1) is 11.3 Å². The van der Waals surface area contributed by atoms with Gasteiger partial charge in [0.1, 0.15) is 17.3 Å². The van der Waals surface area contributed by atoms with E-state index in [1.54, 1.807) is 11.3 Å². The molecule has 4 rings (SSSR count). The molecule has 2 aliphatic rings. The third kappa shape index (κ3) is 3.73. The number of aryl methyl sites for hydroxylation is 1. The molecule has 1 aliphatic heterocycles. The first-order chi connectivity index (χ1) is 13.8. The van der Waals surface area contributed by atoms with E-state index in [2.05, 4.69) is 6.07 Å². The van der Waals surface area contributed by atoms with Crippen molar-refractivity contribution in [1.82, 2.24) is 0 Å². The molecule has 1 unspecified atom stereocenters. The van der Waals surface area contributed by atoms with Gasteiger partial charge in [0.15, 0.2) is 0 Å². The van der Waals surface area contributed by atoms with E-state index in [1.165, 1.54) is 4.88 Å².